The molecule has 1 aromatic heterocycles. The number of ether oxygens (including phenoxy) is 4. The standard InChI is InChI=1S/C29H26N2O5/c1-30-14-19(22-13-20(33-2)8-10-24(22)30)12-27-28(32)21-9-11-26-23(29(21)36-27)16-31(17-35-26)15-18-6-4-5-7-25(18)34-3/h4-14H,15-17H2,1-3H3/b27-12-. The summed E-state index contributed by atoms with van der Waals surface area (Å²) in [6, 6.07) is 17.5. The monoisotopic (exact) mass is 482 g/mol. The summed E-state index contributed by atoms with van der Waals surface area (Å²) in [6.07, 6.45) is 3.80. The number of Topliss-reactive ketones (excluding diaryl/α,β-unsaturated/α-hetero) is 1. The average molecular weight is 483 g/mol. The summed E-state index contributed by atoms with van der Waals surface area (Å²) in [5.41, 5.74) is 4.45. The van der Waals surface area contributed by atoms with Crippen LogP contribution in [0, 0.1) is 0 Å². The molecule has 0 atom stereocenters. The van der Waals surface area contributed by atoms with E-state index < -0.39 is 0 Å². The van der Waals surface area contributed by atoms with E-state index >= 15 is 0 Å². The minimum atomic E-state index is -0.130. The molecule has 182 valence electrons. The number of aryl methyl sites for hydroxylation is 1. The number of hydrogen-bond donors (Lipinski definition) is 0. The normalized spacial score (nSPS) is 16.0. The Labute approximate surface area is 209 Å². The average Bonchev–Trinajstić information content (AvgIpc) is 3.40. The van der Waals surface area contributed by atoms with Crippen LogP contribution in [-0.4, -0.2) is 36.2 Å². The number of ketones is 1. The first-order valence-electron chi connectivity index (χ1n) is 11.8. The maximum absolute atomic E-state index is 13.3. The van der Waals surface area contributed by atoms with Gasteiger partial charge >= 0.3 is 0 Å². The van der Waals surface area contributed by atoms with Gasteiger partial charge in [-0.05, 0) is 42.5 Å². The topological polar surface area (TPSA) is 62.2 Å². The Morgan fingerprint density at radius 2 is 1.92 bits per heavy atom. The summed E-state index contributed by atoms with van der Waals surface area (Å²) in [7, 11) is 5.30. The first-order chi connectivity index (χ1) is 17.6. The molecule has 0 bridgehead atoms. The van der Waals surface area contributed by atoms with Crippen LogP contribution in [0.15, 0.2) is 66.6 Å². The van der Waals surface area contributed by atoms with Crippen LogP contribution in [0.25, 0.3) is 17.0 Å². The van der Waals surface area contributed by atoms with Crippen LogP contribution in [0.3, 0.4) is 0 Å². The highest BCUT2D eigenvalue weighted by atomic mass is 16.5. The molecule has 0 N–H and O–H groups in total. The van der Waals surface area contributed by atoms with Crippen LogP contribution in [0.5, 0.6) is 23.0 Å². The maximum Gasteiger partial charge on any atom is 0.231 e. The zero-order valence-corrected chi connectivity index (χ0v) is 20.4. The summed E-state index contributed by atoms with van der Waals surface area (Å²) in [4.78, 5) is 15.5. The van der Waals surface area contributed by atoms with E-state index in [-0.39, 0.29) is 5.78 Å². The van der Waals surface area contributed by atoms with Crippen molar-refractivity contribution in [1.29, 1.82) is 0 Å². The fraction of sp³-hybridized carbons (Fsp3) is 0.207. The van der Waals surface area contributed by atoms with Crippen molar-refractivity contribution in [2.75, 3.05) is 21.0 Å². The highest BCUT2D eigenvalue weighted by Gasteiger charge is 2.34. The Kier molecular flexibility index (Phi) is 5.42. The van der Waals surface area contributed by atoms with Crippen molar-refractivity contribution in [2.45, 2.75) is 13.1 Å². The van der Waals surface area contributed by atoms with Gasteiger partial charge in [0, 0.05) is 48.4 Å². The van der Waals surface area contributed by atoms with Crippen molar-refractivity contribution in [1.82, 2.24) is 9.47 Å². The number of carbonyl (C=O) groups is 1. The number of benzene rings is 3. The van der Waals surface area contributed by atoms with Gasteiger partial charge in [0.15, 0.2) is 5.76 Å². The fourth-order valence-electron chi connectivity index (χ4n) is 4.97. The van der Waals surface area contributed by atoms with E-state index in [9.17, 15) is 4.79 Å². The molecule has 0 unspecified atom stereocenters. The molecule has 2 aliphatic rings. The van der Waals surface area contributed by atoms with Gasteiger partial charge in [-0.2, -0.15) is 0 Å². The minimum Gasteiger partial charge on any atom is -0.497 e. The zero-order valence-electron chi connectivity index (χ0n) is 20.4. The predicted molar refractivity (Wildman–Crippen MR) is 137 cm³/mol. The second-order valence-corrected chi connectivity index (χ2v) is 9.01. The summed E-state index contributed by atoms with van der Waals surface area (Å²) in [6.45, 7) is 1.70. The van der Waals surface area contributed by atoms with Crippen LogP contribution in [0.4, 0.5) is 0 Å². The molecule has 7 heteroatoms. The van der Waals surface area contributed by atoms with Crippen molar-refractivity contribution in [3.8, 4) is 23.0 Å². The number of carbonyl (C=O) groups excluding carboxylic acids is 1. The van der Waals surface area contributed by atoms with E-state index in [4.69, 9.17) is 18.9 Å². The van der Waals surface area contributed by atoms with Crippen LogP contribution < -0.4 is 18.9 Å². The highest BCUT2D eigenvalue weighted by molar-refractivity contribution is 6.15. The van der Waals surface area contributed by atoms with E-state index in [1.165, 1.54) is 0 Å². The first kappa shape index (κ1) is 22.2. The molecule has 6 rings (SSSR count). The van der Waals surface area contributed by atoms with Gasteiger partial charge in [0.25, 0.3) is 0 Å². The summed E-state index contributed by atoms with van der Waals surface area (Å²) in [5.74, 6) is 3.09. The lowest BCUT2D eigenvalue weighted by Gasteiger charge is -2.30. The van der Waals surface area contributed by atoms with Crippen molar-refractivity contribution < 1.29 is 23.7 Å². The van der Waals surface area contributed by atoms with Gasteiger partial charge in [0.1, 0.15) is 29.7 Å². The maximum atomic E-state index is 13.3. The first-order valence-corrected chi connectivity index (χ1v) is 11.8. The molecule has 3 aromatic carbocycles. The van der Waals surface area contributed by atoms with Crippen molar-refractivity contribution >= 4 is 22.8 Å². The molecule has 7 nitrogen and oxygen atoms in total. The SMILES string of the molecule is COc1ccc2c(c1)c(/C=C1\Oc3c(ccc4c3CN(Cc3ccccc3OC)CO4)C1=O)cn2C. The van der Waals surface area contributed by atoms with Gasteiger partial charge in [-0.15, -0.1) is 0 Å². The zero-order chi connectivity index (χ0) is 24.8. The van der Waals surface area contributed by atoms with E-state index in [1.54, 1.807) is 20.3 Å². The van der Waals surface area contributed by atoms with Gasteiger partial charge in [0.2, 0.25) is 5.78 Å². The Balaban J connectivity index is 1.32. The van der Waals surface area contributed by atoms with Crippen molar-refractivity contribution in [3.05, 3.63) is 88.8 Å². The number of fused-ring (bicyclic) bond motifs is 4. The Hall–Kier alpha value is -4.23. The van der Waals surface area contributed by atoms with Gasteiger partial charge in [-0.3, -0.25) is 9.69 Å². The third-order valence-electron chi connectivity index (χ3n) is 6.78. The lowest BCUT2D eigenvalue weighted by atomic mass is 10.0. The Morgan fingerprint density at radius 3 is 2.75 bits per heavy atom. The van der Waals surface area contributed by atoms with Crippen LogP contribution in [0.1, 0.15) is 27.0 Å². The molecule has 0 fully saturated rings. The second-order valence-electron chi connectivity index (χ2n) is 9.01. The molecule has 3 heterocycles. The Bertz CT molecular complexity index is 1530. The van der Waals surface area contributed by atoms with Gasteiger partial charge < -0.3 is 23.5 Å². The van der Waals surface area contributed by atoms with Crippen LogP contribution >= 0.6 is 0 Å². The second kappa shape index (κ2) is 8.77. The lowest BCUT2D eigenvalue weighted by molar-refractivity contribution is 0.0865. The third kappa shape index (κ3) is 3.69. The molecule has 0 spiro atoms. The van der Waals surface area contributed by atoms with E-state index in [0.29, 0.717) is 36.9 Å². The Morgan fingerprint density at radius 1 is 1.06 bits per heavy atom. The smallest absolute Gasteiger partial charge is 0.231 e. The van der Waals surface area contributed by atoms with Crippen molar-refractivity contribution in [2.24, 2.45) is 7.05 Å². The van der Waals surface area contributed by atoms with Crippen molar-refractivity contribution in [3.63, 3.8) is 0 Å². The quantitative estimate of drug-likeness (QED) is 0.366. The largest absolute Gasteiger partial charge is 0.497 e. The summed E-state index contributed by atoms with van der Waals surface area (Å²) in [5, 5.41) is 0.991. The number of nitrogens with zero attached hydrogens (tertiary/aromatic N) is 2. The number of hydrogen-bond acceptors (Lipinski definition) is 6. The van der Waals surface area contributed by atoms with Crippen LogP contribution in [0.2, 0.25) is 0 Å². The molecule has 2 aliphatic heterocycles. The minimum absolute atomic E-state index is 0.130. The molecule has 0 amide bonds. The number of allylic oxidation sites excluding steroid dienone is 1. The van der Waals surface area contributed by atoms with E-state index in [1.807, 2.05) is 72.4 Å². The number of para-hydroxylation sites is 1. The highest BCUT2D eigenvalue weighted by Crippen LogP contribution is 2.42. The van der Waals surface area contributed by atoms with Gasteiger partial charge in [-0.25, -0.2) is 0 Å². The molecule has 4 aromatic rings. The molecule has 0 aliphatic carbocycles. The van der Waals surface area contributed by atoms with E-state index in [0.717, 1.165) is 44.8 Å². The lowest BCUT2D eigenvalue weighted by Crippen LogP contribution is -2.31. The molecule has 0 saturated carbocycles. The van der Waals surface area contributed by atoms with Gasteiger partial charge in [0.05, 0.1) is 25.3 Å². The molecule has 0 radical (unpaired) electrons. The van der Waals surface area contributed by atoms with Gasteiger partial charge in [-0.1, -0.05) is 18.2 Å². The number of aromatic nitrogens is 1. The summed E-state index contributed by atoms with van der Waals surface area (Å²) >= 11 is 0. The molecule has 36 heavy (non-hydrogen) atoms. The van der Waals surface area contributed by atoms with E-state index in [2.05, 4.69) is 4.90 Å². The third-order valence-corrected chi connectivity index (χ3v) is 6.78. The van der Waals surface area contributed by atoms with Crippen LogP contribution in [-0.2, 0) is 20.1 Å². The fourth-order valence-corrected chi connectivity index (χ4v) is 4.97. The molecular weight excluding hydrogens is 456 g/mol. The summed E-state index contributed by atoms with van der Waals surface area (Å²) < 4.78 is 25.2. The molecular formula is C29H26N2O5. The number of rotatable bonds is 5. The molecule has 0 saturated heterocycles. The number of methoxy groups -OCH3 is 2. The predicted octanol–water partition coefficient (Wildman–Crippen LogP) is 5.16.